The van der Waals surface area contributed by atoms with Crippen LogP contribution < -0.4 is 9.47 Å². The Morgan fingerprint density at radius 1 is 0.970 bits per heavy atom. The fraction of sp³-hybridized carbons (Fsp3) is 0.259. The molecular weight excluding hydrogens is 416 g/mol. The molecule has 1 atom stereocenters. The second-order valence-corrected chi connectivity index (χ2v) is 7.69. The molecule has 0 aliphatic heterocycles. The molecule has 6 nitrogen and oxygen atoms in total. The number of nitrogens with zero attached hydrogens (tertiary/aromatic N) is 2. The van der Waals surface area contributed by atoms with E-state index in [0.29, 0.717) is 19.7 Å². The highest BCUT2D eigenvalue weighted by molar-refractivity contribution is 5.91. The molecule has 0 aliphatic carbocycles. The standard InChI is InChI=1S/C27H30N2O4/c1-21(20-31-2)33-26-6-4-5-24(17-26)19-29(18-23-13-15-28-16-14-23)27(30)12-9-22-7-10-25(32-3)11-8-22/h4-17,21H,18-20H2,1-3H3/b12-9+/t21-/m1/s1. The Hall–Kier alpha value is -3.64. The second kappa shape index (κ2) is 12.4. The lowest BCUT2D eigenvalue weighted by molar-refractivity contribution is -0.127. The topological polar surface area (TPSA) is 60.9 Å². The highest BCUT2D eigenvalue weighted by Crippen LogP contribution is 2.19. The van der Waals surface area contributed by atoms with E-state index < -0.39 is 0 Å². The summed E-state index contributed by atoms with van der Waals surface area (Å²) in [4.78, 5) is 19.0. The lowest BCUT2D eigenvalue weighted by atomic mass is 10.1. The zero-order chi connectivity index (χ0) is 23.5. The molecule has 0 fully saturated rings. The number of benzene rings is 2. The van der Waals surface area contributed by atoms with Crippen molar-refractivity contribution in [1.82, 2.24) is 9.88 Å². The van der Waals surface area contributed by atoms with Crippen molar-refractivity contribution in [1.29, 1.82) is 0 Å². The minimum atomic E-state index is -0.0818. The molecule has 1 aromatic heterocycles. The maximum Gasteiger partial charge on any atom is 0.247 e. The number of carbonyl (C=O) groups excluding carboxylic acids is 1. The first-order chi connectivity index (χ1) is 16.1. The van der Waals surface area contributed by atoms with Crippen LogP contribution in [0.5, 0.6) is 11.5 Å². The molecule has 3 rings (SSSR count). The van der Waals surface area contributed by atoms with Crippen LogP contribution in [-0.2, 0) is 22.6 Å². The first-order valence-corrected chi connectivity index (χ1v) is 10.8. The van der Waals surface area contributed by atoms with Gasteiger partial charge in [-0.25, -0.2) is 0 Å². The monoisotopic (exact) mass is 446 g/mol. The third-order valence-electron chi connectivity index (χ3n) is 4.98. The number of pyridine rings is 1. The van der Waals surface area contributed by atoms with Crippen molar-refractivity contribution in [2.75, 3.05) is 20.8 Å². The van der Waals surface area contributed by atoms with Gasteiger partial charge in [-0.1, -0.05) is 24.3 Å². The van der Waals surface area contributed by atoms with Crippen LogP contribution in [0.3, 0.4) is 0 Å². The quantitative estimate of drug-likeness (QED) is 0.398. The highest BCUT2D eigenvalue weighted by Gasteiger charge is 2.13. The van der Waals surface area contributed by atoms with E-state index in [1.165, 1.54) is 0 Å². The Kier molecular flexibility index (Phi) is 9.03. The summed E-state index contributed by atoms with van der Waals surface area (Å²) in [7, 11) is 3.28. The summed E-state index contributed by atoms with van der Waals surface area (Å²) in [6.07, 6.45) is 6.82. The van der Waals surface area contributed by atoms with Gasteiger partial charge in [0.05, 0.1) is 13.7 Å². The number of carbonyl (C=O) groups is 1. The van der Waals surface area contributed by atoms with Crippen molar-refractivity contribution in [3.63, 3.8) is 0 Å². The first kappa shape index (κ1) is 24.0. The minimum Gasteiger partial charge on any atom is -0.497 e. The van der Waals surface area contributed by atoms with Gasteiger partial charge < -0.3 is 19.1 Å². The van der Waals surface area contributed by atoms with E-state index >= 15 is 0 Å². The van der Waals surface area contributed by atoms with Crippen molar-refractivity contribution in [3.05, 3.63) is 95.8 Å². The van der Waals surface area contributed by atoms with E-state index in [2.05, 4.69) is 4.98 Å². The Morgan fingerprint density at radius 3 is 2.39 bits per heavy atom. The van der Waals surface area contributed by atoms with Crippen molar-refractivity contribution in [2.45, 2.75) is 26.1 Å². The van der Waals surface area contributed by atoms with Gasteiger partial charge in [0.1, 0.15) is 17.6 Å². The molecule has 0 radical (unpaired) electrons. The van der Waals surface area contributed by atoms with E-state index in [9.17, 15) is 4.79 Å². The average Bonchev–Trinajstić information content (AvgIpc) is 2.83. The molecule has 1 amide bonds. The maximum atomic E-state index is 13.1. The molecule has 0 saturated heterocycles. The minimum absolute atomic E-state index is 0.0627. The molecule has 0 N–H and O–H groups in total. The molecule has 0 saturated carbocycles. The molecule has 33 heavy (non-hydrogen) atoms. The molecule has 0 unspecified atom stereocenters. The van der Waals surface area contributed by atoms with Crippen LogP contribution in [0.25, 0.3) is 6.08 Å². The SMILES string of the molecule is COC[C@@H](C)Oc1cccc(CN(Cc2ccncc2)C(=O)/C=C/c2ccc(OC)cc2)c1. The summed E-state index contributed by atoms with van der Waals surface area (Å²) in [5, 5.41) is 0. The lowest BCUT2D eigenvalue weighted by Gasteiger charge is -2.22. The van der Waals surface area contributed by atoms with E-state index in [0.717, 1.165) is 28.2 Å². The number of hydrogen-bond donors (Lipinski definition) is 0. The van der Waals surface area contributed by atoms with Crippen LogP contribution in [0.4, 0.5) is 0 Å². The third kappa shape index (κ3) is 7.77. The average molecular weight is 447 g/mol. The van der Waals surface area contributed by atoms with Crippen LogP contribution in [0.1, 0.15) is 23.6 Å². The predicted octanol–water partition coefficient (Wildman–Crippen LogP) is 4.75. The van der Waals surface area contributed by atoms with Crippen LogP contribution in [0, 0.1) is 0 Å². The molecule has 0 aliphatic rings. The molecule has 172 valence electrons. The molecule has 0 bridgehead atoms. The number of amides is 1. The van der Waals surface area contributed by atoms with Gasteiger partial charge in [-0.3, -0.25) is 9.78 Å². The fourth-order valence-electron chi connectivity index (χ4n) is 3.35. The normalized spacial score (nSPS) is 11.8. The Morgan fingerprint density at radius 2 is 1.70 bits per heavy atom. The summed E-state index contributed by atoms with van der Waals surface area (Å²) in [5.41, 5.74) is 2.92. The second-order valence-electron chi connectivity index (χ2n) is 7.69. The van der Waals surface area contributed by atoms with Gasteiger partial charge in [-0.05, 0) is 66.1 Å². The first-order valence-electron chi connectivity index (χ1n) is 10.8. The summed E-state index contributed by atoms with van der Waals surface area (Å²) in [6, 6.07) is 19.2. The van der Waals surface area contributed by atoms with Gasteiger partial charge in [0.25, 0.3) is 0 Å². The van der Waals surface area contributed by atoms with E-state index in [1.54, 1.807) is 37.6 Å². The summed E-state index contributed by atoms with van der Waals surface area (Å²) < 4.78 is 16.3. The Bertz CT molecular complexity index is 1040. The summed E-state index contributed by atoms with van der Waals surface area (Å²) in [5.74, 6) is 1.45. The number of methoxy groups -OCH3 is 2. The van der Waals surface area contributed by atoms with Gasteiger partial charge in [0.2, 0.25) is 5.91 Å². The van der Waals surface area contributed by atoms with E-state index in [-0.39, 0.29) is 12.0 Å². The van der Waals surface area contributed by atoms with Gasteiger partial charge in [0, 0.05) is 38.7 Å². The van der Waals surface area contributed by atoms with Crippen molar-refractivity contribution < 1.29 is 19.0 Å². The molecule has 1 heterocycles. The van der Waals surface area contributed by atoms with Gasteiger partial charge in [-0.15, -0.1) is 0 Å². The van der Waals surface area contributed by atoms with Crippen LogP contribution in [0.15, 0.2) is 79.1 Å². The summed E-state index contributed by atoms with van der Waals surface area (Å²) >= 11 is 0. The van der Waals surface area contributed by atoms with Gasteiger partial charge >= 0.3 is 0 Å². The number of hydrogen-bond acceptors (Lipinski definition) is 5. The third-order valence-corrected chi connectivity index (χ3v) is 4.98. The lowest BCUT2D eigenvalue weighted by Crippen LogP contribution is -2.28. The van der Waals surface area contributed by atoms with Crippen molar-refractivity contribution in [2.24, 2.45) is 0 Å². The number of ether oxygens (including phenoxy) is 3. The van der Waals surface area contributed by atoms with Crippen molar-refractivity contribution in [3.8, 4) is 11.5 Å². The maximum absolute atomic E-state index is 13.1. The summed E-state index contributed by atoms with van der Waals surface area (Å²) in [6.45, 7) is 3.38. The van der Waals surface area contributed by atoms with Crippen molar-refractivity contribution >= 4 is 12.0 Å². The smallest absolute Gasteiger partial charge is 0.247 e. The molecule has 3 aromatic rings. The van der Waals surface area contributed by atoms with E-state index in [4.69, 9.17) is 14.2 Å². The molecule has 0 spiro atoms. The number of rotatable bonds is 11. The molecule has 2 aromatic carbocycles. The van der Waals surface area contributed by atoms with Crippen LogP contribution in [0.2, 0.25) is 0 Å². The van der Waals surface area contributed by atoms with Gasteiger partial charge in [-0.2, -0.15) is 0 Å². The zero-order valence-electron chi connectivity index (χ0n) is 19.3. The molecule has 6 heteroatoms. The van der Waals surface area contributed by atoms with Gasteiger partial charge in [0.15, 0.2) is 0 Å². The van der Waals surface area contributed by atoms with E-state index in [1.807, 2.05) is 73.7 Å². The highest BCUT2D eigenvalue weighted by atomic mass is 16.5. The molecular formula is C27H30N2O4. The van der Waals surface area contributed by atoms with Crippen LogP contribution >= 0.6 is 0 Å². The van der Waals surface area contributed by atoms with Crippen LogP contribution in [-0.4, -0.2) is 42.7 Å². The predicted molar refractivity (Wildman–Crippen MR) is 129 cm³/mol. The number of aromatic nitrogens is 1. The largest absolute Gasteiger partial charge is 0.497 e. The zero-order valence-corrected chi connectivity index (χ0v) is 19.3. The Balaban J connectivity index is 1.76. The fourth-order valence-corrected chi connectivity index (χ4v) is 3.35. The Labute approximate surface area is 195 Å².